The number of nitrogens with one attached hydrogen (secondary N) is 2. The molecule has 0 bridgehead atoms. The molecule has 31 heavy (non-hydrogen) atoms. The van der Waals surface area contributed by atoms with Gasteiger partial charge in [-0.05, 0) is 57.0 Å². The summed E-state index contributed by atoms with van der Waals surface area (Å²) in [4.78, 5) is 19.9. The Kier molecular flexibility index (Phi) is 7.03. The minimum absolute atomic E-state index is 0.0134. The molecule has 3 heterocycles. The van der Waals surface area contributed by atoms with Crippen molar-refractivity contribution in [1.29, 1.82) is 0 Å². The van der Waals surface area contributed by atoms with Crippen LogP contribution in [0, 0.1) is 0 Å². The Labute approximate surface area is 186 Å². The van der Waals surface area contributed by atoms with E-state index in [1.165, 1.54) is 32.4 Å². The molecule has 9 heteroatoms. The molecule has 3 aliphatic heterocycles. The third-order valence-electron chi connectivity index (χ3n) is 6.66. The van der Waals surface area contributed by atoms with E-state index in [9.17, 15) is 13.2 Å². The largest absolute Gasteiger partial charge is 0.367 e. The van der Waals surface area contributed by atoms with Crippen molar-refractivity contribution in [3.8, 4) is 0 Å². The molecule has 2 N–H and O–H groups in total. The number of amides is 1. The lowest BCUT2D eigenvalue weighted by Gasteiger charge is -2.40. The first-order chi connectivity index (χ1) is 14.9. The van der Waals surface area contributed by atoms with Gasteiger partial charge in [0, 0.05) is 50.9 Å². The van der Waals surface area contributed by atoms with Gasteiger partial charge in [0.05, 0.1) is 17.6 Å². The van der Waals surface area contributed by atoms with Gasteiger partial charge in [0.2, 0.25) is 10.0 Å². The third kappa shape index (κ3) is 5.70. The SMILES string of the molecule is CS(=O)(=O)Nc1cc(C(=O)N2CCC(N3CCCCC3)CC2)ccc1N1CCNCC1. The van der Waals surface area contributed by atoms with E-state index in [-0.39, 0.29) is 5.91 Å². The van der Waals surface area contributed by atoms with E-state index in [4.69, 9.17) is 0 Å². The number of sulfonamides is 1. The van der Waals surface area contributed by atoms with Crippen LogP contribution in [0.3, 0.4) is 0 Å². The first-order valence-corrected chi connectivity index (χ1v) is 13.4. The van der Waals surface area contributed by atoms with Gasteiger partial charge < -0.3 is 20.0 Å². The smallest absolute Gasteiger partial charge is 0.253 e. The Morgan fingerprint density at radius 1 is 1.00 bits per heavy atom. The summed E-state index contributed by atoms with van der Waals surface area (Å²) in [7, 11) is -3.45. The number of hydrogen-bond acceptors (Lipinski definition) is 6. The lowest BCUT2D eigenvalue weighted by molar-refractivity contribution is 0.0590. The number of anilines is 2. The highest BCUT2D eigenvalue weighted by Crippen LogP contribution is 2.30. The number of likely N-dealkylation sites (tertiary alicyclic amines) is 2. The number of carbonyl (C=O) groups is 1. The molecule has 0 aromatic heterocycles. The molecule has 0 spiro atoms. The lowest BCUT2D eigenvalue weighted by Crippen LogP contribution is -2.48. The summed E-state index contributed by atoms with van der Waals surface area (Å²) in [5, 5.41) is 3.31. The number of rotatable bonds is 5. The molecule has 1 aromatic rings. The summed E-state index contributed by atoms with van der Waals surface area (Å²) < 4.78 is 26.6. The van der Waals surface area contributed by atoms with Crippen LogP contribution in [0.2, 0.25) is 0 Å². The maximum absolute atomic E-state index is 13.2. The highest BCUT2D eigenvalue weighted by molar-refractivity contribution is 7.92. The Balaban J connectivity index is 1.46. The Hall–Kier alpha value is -1.84. The van der Waals surface area contributed by atoms with E-state index in [2.05, 4.69) is 19.8 Å². The maximum Gasteiger partial charge on any atom is 0.253 e. The summed E-state index contributed by atoms with van der Waals surface area (Å²) in [6, 6.07) is 6.01. The zero-order valence-electron chi connectivity index (χ0n) is 18.5. The number of piperidine rings is 2. The molecule has 3 saturated heterocycles. The van der Waals surface area contributed by atoms with Crippen molar-refractivity contribution >= 4 is 27.3 Å². The highest BCUT2D eigenvalue weighted by atomic mass is 32.2. The average molecular weight is 450 g/mol. The molecule has 4 rings (SSSR count). The Morgan fingerprint density at radius 2 is 1.68 bits per heavy atom. The average Bonchev–Trinajstić information content (AvgIpc) is 2.79. The molecule has 8 nitrogen and oxygen atoms in total. The topological polar surface area (TPSA) is 85.0 Å². The standard InChI is InChI=1S/C22H35N5O3S/c1-31(29,30)24-20-17-18(5-6-21(20)26-15-9-23-10-16-26)22(28)27-13-7-19(8-14-27)25-11-3-2-4-12-25/h5-6,17,19,23-24H,2-4,7-16H2,1H3. The molecule has 3 fully saturated rings. The van der Waals surface area contributed by atoms with Crippen LogP contribution in [-0.2, 0) is 10.0 Å². The zero-order valence-corrected chi connectivity index (χ0v) is 19.3. The number of nitrogens with zero attached hydrogens (tertiary/aromatic N) is 3. The third-order valence-corrected chi connectivity index (χ3v) is 7.25. The van der Waals surface area contributed by atoms with Gasteiger partial charge >= 0.3 is 0 Å². The van der Waals surface area contributed by atoms with Crippen molar-refractivity contribution < 1.29 is 13.2 Å². The molecule has 0 aliphatic carbocycles. The Bertz CT molecular complexity index is 871. The van der Waals surface area contributed by atoms with Gasteiger partial charge in [0.15, 0.2) is 0 Å². The molecular formula is C22H35N5O3S. The van der Waals surface area contributed by atoms with Gasteiger partial charge in [-0.2, -0.15) is 0 Å². The molecule has 1 aromatic carbocycles. The van der Waals surface area contributed by atoms with Gasteiger partial charge in [-0.15, -0.1) is 0 Å². The summed E-state index contributed by atoms with van der Waals surface area (Å²) in [5.74, 6) is -0.0134. The molecule has 1 amide bonds. The molecule has 3 aliphatic rings. The molecule has 0 unspecified atom stereocenters. The number of benzene rings is 1. The van der Waals surface area contributed by atoms with Gasteiger partial charge in [-0.3, -0.25) is 9.52 Å². The maximum atomic E-state index is 13.2. The van der Waals surface area contributed by atoms with Crippen LogP contribution >= 0.6 is 0 Å². The number of hydrogen-bond donors (Lipinski definition) is 2. The van der Waals surface area contributed by atoms with Crippen LogP contribution in [0.15, 0.2) is 18.2 Å². The van der Waals surface area contributed by atoms with Gasteiger partial charge in [0.1, 0.15) is 0 Å². The second-order valence-electron chi connectivity index (χ2n) is 8.96. The van der Waals surface area contributed by atoms with Crippen molar-refractivity contribution in [1.82, 2.24) is 15.1 Å². The number of carbonyl (C=O) groups excluding carboxylic acids is 1. The second-order valence-corrected chi connectivity index (χ2v) is 10.7. The fraction of sp³-hybridized carbons (Fsp3) is 0.682. The van der Waals surface area contributed by atoms with E-state index < -0.39 is 10.0 Å². The van der Waals surface area contributed by atoms with Gasteiger partial charge in [0.25, 0.3) is 5.91 Å². The highest BCUT2D eigenvalue weighted by Gasteiger charge is 2.28. The van der Waals surface area contributed by atoms with E-state index in [1.54, 1.807) is 6.07 Å². The minimum Gasteiger partial charge on any atom is -0.367 e. The molecule has 0 saturated carbocycles. The minimum atomic E-state index is -3.45. The van der Waals surface area contributed by atoms with Crippen molar-refractivity contribution in [2.75, 3.05) is 68.2 Å². The Morgan fingerprint density at radius 3 is 2.32 bits per heavy atom. The normalized spacial score (nSPS) is 21.8. The van der Waals surface area contributed by atoms with Crippen molar-refractivity contribution in [3.05, 3.63) is 23.8 Å². The van der Waals surface area contributed by atoms with E-state index in [1.807, 2.05) is 17.0 Å². The second kappa shape index (κ2) is 9.75. The summed E-state index contributed by atoms with van der Waals surface area (Å²) in [6.07, 6.45) is 7.08. The monoisotopic (exact) mass is 449 g/mol. The fourth-order valence-electron chi connectivity index (χ4n) is 5.03. The van der Waals surface area contributed by atoms with Crippen LogP contribution in [-0.4, -0.2) is 88.8 Å². The zero-order chi connectivity index (χ0) is 21.8. The molecule has 172 valence electrons. The van der Waals surface area contributed by atoms with Gasteiger partial charge in [-0.1, -0.05) is 6.42 Å². The summed E-state index contributed by atoms with van der Waals surface area (Å²) in [5.41, 5.74) is 1.85. The summed E-state index contributed by atoms with van der Waals surface area (Å²) >= 11 is 0. The van der Waals surface area contributed by atoms with Gasteiger partial charge in [-0.25, -0.2) is 8.42 Å². The van der Waals surface area contributed by atoms with E-state index in [0.717, 1.165) is 64.1 Å². The fourth-order valence-corrected chi connectivity index (χ4v) is 5.60. The van der Waals surface area contributed by atoms with Crippen LogP contribution in [0.1, 0.15) is 42.5 Å². The van der Waals surface area contributed by atoms with Crippen LogP contribution in [0.4, 0.5) is 11.4 Å². The first kappa shape index (κ1) is 22.4. The lowest BCUT2D eigenvalue weighted by atomic mass is 9.99. The molecular weight excluding hydrogens is 414 g/mol. The molecule has 0 atom stereocenters. The predicted molar refractivity (Wildman–Crippen MR) is 124 cm³/mol. The van der Waals surface area contributed by atoms with Crippen molar-refractivity contribution in [2.24, 2.45) is 0 Å². The number of piperazine rings is 1. The first-order valence-electron chi connectivity index (χ1n) is 11.5. The predicted octanol–water partition coefficient (Wildman–Crippen LogP) is 1.56. The van der Waals surface area contributed by atoms with E-state index >= 15 is 0 Å². The van der Waals surface area contributed by atoms with Crippen molar-refractivity contribution in [3.63, 3.8) is 0 Å². The molecule has 0 radical (unpaired) electrons. The van der Waals surface area contributed by atoms with E-state index in [0.29, 0.717) is 17.3 Å². The van der Waals surface area contributed by atoms with Crippen LogP contribution < -0.4 is 14.9 Å². The quantitative estimate of drug-likeness (QED) is 0.710. The summed E-state index contributed by atoms with van der Waals surface area (Å²) in [6.45, 7) is 7.20. The van der Waals surface area contributed by atoms with Crippen molar-refractivity contribution in [2.45, 2.75) is 38.1 Å². The van der Waals surface area contributed by atoms with Crippen LogP contribution in [0.25, 0.3) is 0 Å². The van der Waals surface area contributed by atoms with Crippen LogP contribution in [0.5, 0.6) is 0 Å².